The van der Waals surface area contributed by atoms with Crippen LogP contribution in [0.5, 0.6) is 11.5 Å². The number of benzene rings is 1. The molecule has 3 rings (SSSR count). The lowest BCUT2D eigenvalue weighted by Gasteiger charge is -2.31. The maximum atomic E-state index is 12.6. The van der Waals surface area contributed by atoms with Gasteiger partial charge in [0.2, 0.25) is 5.88 Å². The number of carbonyl (C=O) groups is 1. The van der Waals surface area contributed by atoms with Crippen LogP contribution in [0.2, 0.25) is 0 Å². The van der Waals surface area contributed by atoms with Crippen LogP contribution < -0.4 is 15.2 Å². The minimum Gasteiger partial charge on any atom is -0.493 e. The van der Waals surface area contributed by atoms with Gasteiger partial charge in [-0.1, -0.05) is 19.4 Å². The fraction of sp³-hybridized carbons (Fsp3) is 0.429. The number of ether oxygens (including phenoxy) is 3. The first kappa shape index (κ1) is 18.8. The van der Waals surface area contributed by atoms with E-state index in [9.17, 15) is 10.1 Å². The van der Waals surface area contributed by atoms with Crippen LogP contribution in [-0.2, 0) is 9.53 Å². The lowest BCUT2D eigenvalue weighted by atomic mass is 9.77. The average Bonchev–Trinajstić information content (AvgIpc) is 2.67. The second kappa shape index (κ2) is 8.17. The zero-order valence-electron chi connectivity index (χ0n) is 15.7. The van der Waals surface area contributed by atoms with Crippen molar-refractivity contribution in [3.8, 4) is 17.6 Å². The molecule has 142 valence electrons. The Morgan fingerprint density at radius 1 is 1.33 bits per heavy atom. The number of Topliss-reactive ketones (excluding diaryl/α,β-unsaturated/α-hetero) is 1. The third-order valence-electron chi connectivity index (χ3n) is 4.88. The van der Waals surface area contributed by atoms with Crippen molar-refractivity contribution in [1.82, 2.24) is 0 Å². The van der Waals surface area contributed by atoms with Crippen molar-refractivity contribution in [3.05, 3.63) is 46.6 Å². The lowest BCUT2D eigenvalue weighted by Crippen LogP contribution is -2.27. The van der Waals surface area contributed by atoms with Crippen molar-refractivity contribution in [2.24, 2.45) is 5.73 Å². The van der Waals surface area contributed by atoms with Gasteiger partial charge in [-0.05, 0) is 30.5 Å². The minimum atomic E-state index is -0.537. The summed E-state index contributed by atoms with van der Waals surface area (Å²) in [5, 5.41) is 9.64. The molecule has 1 aromatic rings. The summed E-state index contributed by atoms with van der Waals surface area (Å²) in [6, 6.07) is 7.61. The highest BCUT2D eigenvalue weighted by molar-refractivity contribution is 5.99. The Balaban J connectivity index is 2.03. The number of carbonyl (C=O) groups excluding carboxylic acids is 1. The second-order valence-electron chi connectivity index (χ2n) is 6.65. The lowest BCUT2D eigenvalue weighted by molar-refractivity contribution is -0.116. The first-order chi connectivity index (χ1) is 13.1. The van der Waals surface area contributed by atoms with Crippen LogP contribution in [0.15, 0.2) is 41.0 Å². The number of nitrogens with two attached hydrogens (primary N) is 1. The highest BCUT2D eigenvalue weighted by Gasteiger charge is 2.38. The summed E-state index contributed by atoms with van der Waals surface area (Å²) in [6.45, 7) is 2.70. The predicted molar refractivity (Wildman–Crippen MR) is 99.9 cm³/mol. The molecule has 0 saturated carbocycles. The van der Waals surface area contributed by atoms with Crippen molar-refractivity contribution >= 4 is 5.78 Å². The summed E-state index contributed by atoms with van der Waals surface area (Å²) in [5.74, 6) is 1.32. The van der Waals surface area contributed by atoms with Crippen molar-refractivity contribution in [2.75, 3.05) is 13.7 Å². The maximum Gasteiger partial charge on any atom is 0.205 e. The molecule has 1 unspecified atom stereocenters. The van der Waals surface area contributed by atoms with E-state index in [0.717, 1.165) is 24.8 Å². The number of methoxy groups -OCH3 is 1. The monoisotopic (exact) mass is 368 g/mol. The summed E-state index contributed by atoms with van der Waals surface area (Å²) in [7, 11) is 1.57. The molecule has 27 heavy (non-hydrogen) atoms. The molecule has 1 atom stereocenters. The van der Waals surface area contributed by atoms with Crippen molar-refractivity contribution in [2.45, 2.75) is 44.9 Å². The molecule has 0 amide bonds. The highest BCUT2D eigenvalue weighted by Crippen LogP contribution is 2.45. The largest absolute Gasteiger partial charge is 0.493 e. The van der Waals surface area contributed by atoms with E-state index in [2.05, 4.69) is 13.0 Å². The zero-order valence-corrected chi connectivity index (χ0v) is 15.7. The number of rotatable bonds is 6. The Hall–Kier alpha value is -2.94. The number of ketones is 1. The van der Waals surface area contributed by atoms with Crippen LogP contribution in [0.25, 0.3) is 0 Å². The molecule has 0 aromatic heterocycles. The molecule has 0 bridgehead atoms. The first-order valence-electron chi connectivity index (χ1n) is 9.25. The molecule has 1 aromatic carbocycles. The Morgan fingerprint density at radius 3 is 2.85 bits per heavy atom. The Morgan fingerprint density at radius 2 is 2.15 bits per heavy atom. The topological polar surface area (TPSA) is 94.6 Å². The van der Waals surface area contributed by atoms with Crippen LogP contribution >= 0.6 is 0 Å². The van der Waals surface area contributed by atoms with Crippen LogP contribution in [0, 0.1) is 11.3 Å². The van der Waals surface area contributed by atoms with E-state index in [4.69, 9.17) is 19.9 Å². The molecular formula is C21H24N2O4. The van der Waals surface area contributed by atoms with E-state index in [0.29, 0.717) is 42.3 Å². The van der Waals surface area contributed by atoms with Gasteiger partial charge < -0.3 is 19.9 Å². The van der Waals surface area contributed by atoms with Crippen LogP contribution in [0.3, 0.4) is 0 Å². The summed E-state index contributed by atoms with van der Waals surface area (Å²) in [5.41, 5.74) is 7.54. The highest BCUT2D eigenvalue weighted by atomic mass is 16.5. The number of unbranched alkanes of at least 4 members (excludes halogenated alkanes) is 1. The van der Waals surface area contributed by atoms with Gasteiger partial charge in [0.15, 0.2) is 17.3 Å². The zero-order chi connectivity index (χ0) is 19.4. The number of hydrogen-bond donors (Lipinski definition) is 1. The fourth-order valence-electron chi connectivity index (χ4n) is 3.50. The van der Waals surface area contributed by atoms with Crippen LogP contribution in [-0.4, -0.2) is 19.5 Å². The van der Waals surface area contributed by atoms with Crippen molar-refractivity contribution in [1.29, 1.82) is 5.26 Å². The molecule has 2 N–H and O–H groups in total. The molecule has 0 spiro atoms. The SMILES string of the molecule is CCCCOc1ccc(C2C(C#N)=C(N)OC3=C2C(=O)CCC3)cc1OC. The molecule has 1 aliphatic carbocycles. The van der Waals surface area contributed by atoms with Gasteiger partial charge in [0.05, 0.1) is 19.6 Å². The Kier molecular flexibility index (Phi) is 5.70. The van der Waals surface area contributed by atoms with Crippen molar-refractivity contribution in [3.63, 3.8) is 0 Å². The van der Waals surface area contributed by atoms with Gasteiger partial charge in [-0.2, -0.15) is 5.26 Å². The van der Waals surface area contributed by atoms with E-state index in [1.54, 1.807) is 7.11 Å². The summed E-state index contributed by atoms with van der Waals surface area (Å²) in [6.07, 6.45) is 3.82. The van der Waals surface area contributed by atoms with Gasteiger partial charge in [0.1, 0.15) is 17.4 Å². The normalized spacial score (nSPS) is 19.3. The van der Waals surface area contributed by atoms with Gasteiger partial charge in [-0.3, -0.25) is 4.79 Å². The van der Waals surface area contributed by atoms with Crippen molar-refractivity contribution < 1.29 is 19.0 Å². The quantitative estimate of drug-likeness (QED) is 0.770. The Labute approximate surface area is 159 Å². The molecule has 0 radical (unpaired) electrons. The molecule has 1 aliphatic heterocycles. The average molecular weight is 368 g/mol. The molecular weight excluding hydrogens is 344 g/mol. The molecule has 1 heterocycles. The van der Waals surface area contributed by atoms with Crippen LogP contribution in [0.4, 0.5) is 0 Å². The minimum absolute atomic E-state index is 0.00346. The molecule has 6 nitrogen and oxygen atoms in total. The summed E-state index contributed by atoms with van der Waals surface area (Å²) in [4.78, 5) is 12.6. The van der Waals surface area contributed by atoms with E-state index in [1.165, 1.54) is 0 Å². The van der Waals surface area contributed by atoms with E-state index in [-0.39, 0.29) is 17.2 Å². The van der Waals surface area contributed by atoms with E-state index < -0.39 is 5.92 Å². The van der Waals surface area contributed by atoms with E-state index in [1.807, 2.05) is 18.2 Å². The molecule has 0 saturated heterocycles. The molecule has 0 fully saturated rings. The maximum absolute atomic E-state index is 12.6. The Bertz CT molecular complexity index is 848. The standard InChI is InChI=1S/C21H24N2O4/c1-3-4-10-26-16-9-8-13(11-18(16)25-2)19-14(12-22)21(23)27-17-7-5-6-15(24)20(17)19/h8-9,11,19H,3-7,10,23H2,1-2H3. The molecule has 2 aliphatic rings. The molecule has 6 heteroatoms. The van der Waals surface area contributed by atoms with Crippen LogP contribution in [0.1, 0.15) is 50.5 Å². The van der Waals surface area contributed by atoms with Gasteiger partial charge in [-0.25, -0.2) is 0 Å². The summed E-state index contributed by atoms with van der Waals surface area (Å²) >= 11 is 0. The smallest absolute Gasteiger partial charge is 0.205 e. The summed E-state index contributed by atoms with van der Waals surface area (Å²) < 4.78 is 16.9. The number of hydrogen-bond acceptors (Lipinski definition) is 6. The van der Waals surface area contributed by atoms with Gasteiger partial charge in [0, 0.05) is 18.4 Å². The van der Waals surface area contributed by atoms with Gasteiger partial charge >= 0.3 is 0 Å². The third kappa shape index (κ3) is 3.63. The first-order valence-corrected chi connectivity index (χ1v) is 9.25. The number of allylic oxidation sites excluding steroid dienone is 3. The van der Waals surface area contributed by atoms with Gasteiger partial charge in [0.25, 0.3) is 0 Å². The predicted octanol–water partition coefficient (Wildman–Crippen LogP) is 3.69. The van der Waals surface area contributed by atoms with E-state index >= 15 is 0 Å². The fourth-order valence-corrected chi connectivity index (χ4v) is 3.50. The second-order valence-corrected chi connectivity index (χ2v) is 6.65. The third-order valence-corrected chi connectivity index (χ3v) is 4.88. The van der Waals surface area contributed by atoms with Gasteiger partial charge in [-0.15, -0.1) is 0 Å². The number of nitriles is 1. The number of nitrogens with zero attached hydrogens (tertiary/aromatic N) is 1.